The molecule has 1 atom stereocenters. The van der Waals surface area contributed by atoms with Gasteiger partial charge in [0.25, 0.3) is 5.56 Å². The summed E-state index contributed by atoms with van der Waals surface area (Å²) >= 11 is 11.6. The summed E-state index contributed by atoms with van der Waals surface area (Å²) in [6.07, 6.45) is 5.36. The highest BCUT2D eigenvalue weighted by atomic mass is 35.5. The minimum absolute atomic E-state index is 0.0647. The van der Waals surface area contributed by atoms with Crippen LogP contribution in [0.4, 0.5) is 0 Å². The molecule has 2 rings (SSSR count). The second kappa shape index (κ2) is 9.68. The number of aromatic nitrogens is 2. The predicted octanol–water partition coefficient (Wildman–Crippen LogP) is 4.03. The molecule has 0 amide bonds. The van der Waals surface area contributed by atoms with E-state index in [1.54, 1.807) is 0 Å². The van der Waals surface area contributed by atoms with Gasteiger partial charge in [-0.3, -0.25) is 4.79 Å². The first-order valence-corrected chi connectivity index (χ1v) is 11.1. The van der Waals surface area contributed by atoms with E-state index in [-0.39, 0.29) is 14.9 Å². The average molecular weight is 432 g/mol. The smallest absolute Gasteiger partial charge is 0.266 e. The standard InChI is InChI=1S/C18H23Cl2N3O3S/c1-3-5-6-13(4-2)11-22-27(25,26)15-9-7-14(8-10-15)23-18(24)17(20)16(19)12-21-23/h7-10,12-13,22H,3-6,11H2,1-2H3. The van der Waals surface area contributed by atoms with E-state index in [0.29, 0.717) is 18.2 Å². The molecule has 1 aromatic carbocycles. The highest BCUT2D eigenvalue weighted by Crippen LogP contribution is 2.18. The SMILES string of the molecule is CCCCC(CC)CNS(=O)(=O)c1ccc(-n2ncc(Cl)c(Cl)c2=O)cc1. The zero-order valence-corrected chi connectivity index (χ0v) is 17.6. The molecule has 0 aliphatic rings. The highest BCUT2D eigenvalue weighted by molar-refractivity contribution is 7.89. The lowest BCUT2D eigenvalue weighted by Crippen LogP contribution is -2.29. The van der Waals surface area contributed by atoms with Gasteiger partial charge in [0.2, 0.25) is 10.0 Å². The molecule has 0 saturated heterocycles. The first-order chi connectivity index (χ1) is 12.8. The molecule has 0 bridgehead atoms. The maximum Gasteiger partial charge on any atom is 0.291 e. The second-order valence-corrected chi connectivity index (χ2v) is 8.84. The van der Waals surface area contributed by atoms with Crippen LogP contribution in [-0.2, 0) is 10.0 Å². The summed E-state index contributed by atoms with van der Waals surface area (Å²) in [5.41, 5.74) is -0.175. The first-order valence-electron chi connectivity index (χ1n) is 8.83. The molecule has 0 spiro atoms. The molecule has 2 aromatic rings. The van der Waals surface area contributed by atoms with E-state index < -0.39 is 15.6 Å². The van der Waals surface area contributed by atoms with Crippen LogP contribution in [-0.4, -0.2) is 24.7 Å². The maximum absolute atomic E-state index is 12.5. The number of halogens is 2. The Balaban J connectivity index is 2.16. The van der Waals surface area contributed by atoms with Gasteiger partial charge in [-0.25, -0.2) is 13.1 Å². The minimum atomic E-state index is -3.62. The molecule has 27 heavy (non-hydrogen) atoms. The van der Waals surface area contributed by atoms with Gasteiger partial charge in [-0.05, 0) is 36.6 Å². The summed E-state index contributed by atoms with van der Waals surface area (Å²) in [5, 5.41) is 3.85. The van der Waals surface area contributed by atoms with Crippen molar-refractivity contribution in [2.45, 2.75) is 44.4 Å². The van der Waals surface area contributed by atoms with Crippen LogP contribution in [0.2, 0.25) is 10.0 Å². The second-order valence-electron chi connectivity index (χ2n) is 6.29. The number of hydrogen-bond acceptors (Lipinski definition) is 4. The summed E-state index contributed by atoms with van der Waals surface area (Å²) in [4.78, 5) is 12.3. The van der Waals surface area contributed by atoms with Crippen molar-refractivity contribution in [2.75, 3.05) is 6.54 Å². The number of rotatable bonds is 9. The molecule has 148 valence electrons. The van der Waals surface area contributed by atoms with Crippen LogP contribution in [0.3, 0.4) is 0 Å². The van der Waals surface area contributed by atoms with Crippen molar-refractivity contribution in [1.82, 2.24) is 14.5 Å². The molecule has 0 fully saturated rings. The topological polar surface area (TPSA) is 81.1 Å². The van der Waals surface area contributed by atoms with Gasteiger partial charge in [0.05, 0.1) is 21.8 Å². The van der Waals surface area contributed by atoms with Crippen LogP contribution in [0.1, 0.15) is 39.5 Å². The van der Waals surface area contributed by atoms with Crippen molar-refractivity contribution >= 4 is 33.2 Å². The summed E-state index contributed by atoms with van der Waals surface area (Å²) in [7, 11) is -3.62. The van der Waals surface area contributed by atoms with Crippen LogP contribution >= 0.6 is 23.2 Å². The Hall–Kier alpha value is -1.41. The van der Waals surface area contributed by atoms with Crippen LogP contribution < -0.4 is 10.3 Å². The van der Waals surface area contributed by atoms with Gasteiger partial charge in [0.1, 0.15) is 5.02 Å². The van der Waals surface area contributed by atoms with E-state index in [1.807, 2.05) is 0 Å². The maximum atomic E-state index is 12.5. The Morgan fingerprint density at radius 3 is 2.44 bits per heavy atom. The quantitative estimate of drug-likeness (QED) is 0.649. The summed E-state index contributed by atoms with van der Waals surface area (Å²) < 4.78 is 28.7. The zero-order chi connectivity index (χ0) is 20.0. The molecule has 1 heterocycles. The van der Waals surface area contributed by atoms with Gasteiger partial charge >= 0.3 is 0 Å². The summed E-state index contributed by atoms with van der Waals surface area (Å²) in [6.45, 7) is 4.59. The normalized spacial score (nSPS) is 12.9. The Bertz CT molecular complexity index is 928. The van der Waals surface area contributed by atoms with Gasteiger partial charge in [0.15, 0.2) is 0 Å². The van der Waals surface area contributed by atoms with Crippen LogP contribution in [0, 0.1) is 5.92 Å². The predicted molar refractivity (Wildman–Crippen MR) is 108 cm³/mol. The molecule has 1 N–H and O–H groups in total. The third-order valence-electron chi connectivity index (χ3n) is 4.37. The molecule has 9 heteroatoms. The number of sulfonamides is 1. The molecule has 0 radical (unpaired) electrons. The third-order valence-corrected chi connectivity index (χ3v) is 6.56. The van der Waals surface area contributed by atoms with Gasteiger partial charge in [-0.1, -0.05) is 56.3 Å². The summed E-state index contributed by atoms with van der Waals surface area (Å²) in [5.74, 6) is 0.318. The van der Waals surface area contributed by atoms with Gasteiger partial charge in [-0.2, -0.15) is 9.78 Å². The van der Waals surface area contributed by atoms with Crippen molar-refractivity contribution in [3.63, 3.8) is 0 Å². The van der Waals surface area contributed by atoms with Gasteiger partial charge < -0.3 is 0 Å². The van der Waals surface area contributed by atoms with E-state index in [4.69, 9.17) is 23.2 Å². The number of unbranched alkanes of at least 4 members (excludes halogenated alkanes) is 1. The van der Waals surface area contributed by atoms with Gasteiger partial charge in [0, 0.05) is 6.54 Å². The Morgan fingerprint density at radius 1 is 1.19 bits per heavy atom. The van der Waals surface area contributed by atoms with Gasteiger partial charge in [-0.15, -0.1) is 0 Å². The number of hydrogen-bond donors (Lipinski definition) is 1. The number of benzene rings is 1. The van der Waals surface area contributed by atoms with Crippen LogP contribution in [0.15, 0.2) is 40.2 Å². The van der Waals surface area contributed by atoms with Crippen LogP contribution in [0.25, 0.3) is 5.69 Å². The molecule has 1 unspecified atom stereocenters. The zero-order valence-electron chi connectivity index (χ0n) is 15.3. The lowest BCUT2D eigenvalue weighted by atomic mass is 10.00. The number of nitrogens with zero attached hydrogens (tertiary/aromatic N) is 2. The van der Waals surface area contributed by atoms with Crippen molar-refractivity contribution < 1.29 is 8.42 Å². The summed E-state index contributed by atoms with van der Waals surface area (Å²) in [6, 6.07) is 5.87. The van der Waals surface area contributed by atoms with E-state index in [2.05, 4.69) is 23.7 Å². The van der Waals surface area contributed by atoms with E-state index in [0.717, 1.165) is 30.4 Å². The monoisotopic (exact) mass is 431 g/mol. The first kappa shape index (κ1) is 21.9. The molecule has 0 saturated carbocycles. The fraction of sp³-hybridized carbons (Fsp3) is 0.444. The van der Waals surface area contributed by atoms with E-state index in [9.17, 15) is 13.2 Å². The molecule has 0 aliphatic carbocycles. The van der Waals surface area contributed by atoms with E-state index >= 15 is 0 Å². The van der Waals surface area contributed by atoms with Crippen molar-refractivity contribution in [3.8, 4) is 5.69 Å². The lowest BCUT2D eigenvalue weighted by molar-refractivity contribution is 0.444. The average Bonchev–Trinajstić information content (AvgIpc) is 2.66. The molecular formula is C18H23Cl2N3O3S. The fourth-order valence-electron chi connectivity index (χ4n) is 2.62. The van der Waals surface area contributed by atoms with E-state index in [1.165, 1.54) is 30.5 Å². The lowest BCUT2D eigenvalue weighted by Gasteiger charge is -2.15. The van der Waals surface area contributed by atoms with Crippen LogP contribution in [0.5, 0.6) is 0 Å². The third kappa shape index (κ3) is 5.54. The van der Waals surface area contributed by atoms with Crippen molar-refractivity contribution in [1.29, 1.82) is 0 Å². The molecular weight excluding hydrogens is 409 g/mol. The Labute approximate surface area is 169 Å². The molecule has 0 aliphatic heterocycles. The van der Waals surface area contributed by atoms with Crippen molar-refractivity contribution in [2.24, 2.45) is 5.92 Å². The largest absolute Gasteiger partial charge is 0.291 e. The fourth-order valence-corrected chi connectivity index (χ4v) is 3.99. The Kier molecular flexibility index (Phi) is 7.85. The highest BCUT2D eigenvalue weighted by Gasteiger charge is 2.17. The number of nitrogens with one attached hydrogen (secondary N) is 1. The van der Waals surface area contributed by atoms with Crippen molar-refractivity contribution in [3.05, 3.63) is 50.9 Å². The molecule has 1 aromatic heterocycles. The molecule has 6 nitrogen and oxygen atoms in total. The minimum Gasteiger partial charge on any atom is -0.266 e. The Morgan fingerprint density at radius 2 is 1.85 bits per heavy atom.